The Hall–Kier alpha value is -1.78. The number of nitrogen functional groups attached to an aromatic ring is 1. The molecule has 4 N–H and O–H groups in total. The number of hydrogen-bond acceptors (Lipinski definition) is 4. The molecule has 88 valence electrons. The first kappa shape index (κ1) is 12.3. The molecular formula is C11H17N3O2. The lowest BCUT2D eigenvalue weighted by atomic mass is 10.1. The molecule has 5 heteroatoms. The summed E-state index contributed by atoms with van der Waals surface area (Å²) >= 11 is 0. The van der Waals surface area contributed by atoms with Gasteiger partial charge < -0.3 is 16.2 Å². The molecular weight excluding hydrogens is 206 g/mol. The third-order valence-electron chi connectivity index (χ3n) is 2.54. The van der Waals surface area contributed by atoms with Crippen LogP contribution in [-0.2, 0) is 0 Å². The van der Waals surface area contributed by atoms with Crippen LogP contribution in [0.5, 0.6) is 0 Å². The molecule has 0 saturated heterocycles. The number of carboxylic acids is 1. The van der Waals surface area contributed by atoms with E-state index in [0.717, 1.165) is 0 Å². The molecule has 0 aliphatic carbocycles. The third-order valence-corrected chi connectivity index (χ3v) is 2.54. The predicted octanol–water partition coefficient (Wildman–Crippen LogP) is 1.82. The van der Waals surface area contributed by atoms with Crippen molar-refractivity contribution in [2.75, 3.05) is 11.1 Å². The second-order valence-electron chi connectivity index (χ2n) is 4.14. The van der Waals surface area contributed by atoms with Crippen molar-refractivity contribution in [1.82, 2.24) is 4.98 Å². The number of nitrogens with zero attached hydrogens (tertiary/aromatic N) is 1. The third kappa shape index (κ3) is 2.85. The molecule has 0 amide bonds. The highest BCUT2D eigenvalue weighted by molar-refractivity contribution is 5.94. The van der Waals surface area contributed by atoms with E-state index in [0.29, 0.717) is 11.7 Å². The van der Waals surface area contributed by atoms with Crippen LogP contribution in [0.25, 0.3) is 0 Å². The molecule has 1 aromatic rings. The molecule has 0 bridgehead atoms. The number of nitrogens with one attached hydrogen (secondary N) is 1. The number of aromatic carboxylic acids is 1. The van der Waals surface area contributed by atoms with Gasteiger partial charge in [0.05, 0.1) is 17.4 Å². The number of hydrogen-bond donors (Lipinski definition) is 3. The Morgan fingerprint density at radius 3 is 2.62 bits per heavy atom. The van der Waals surface area contributed by atoms with Gasteiger partial charge in [-0.3, -0.25) is 0 Å². The zero-order valence-electron chi connectivity index (χ0n) is 9.69. The number of rotatable bonds is 4. The van der Waals surface area contributed by atoms with Crippen LogP contribution in [-0.4, -0.2) is 22.1 Å². The average Bonchev–Trinajstić information content (AvgIpc) is 2.20. The van der Waals surface area contributed by atoms with Crippen molar-refractivity contribution in [3.63, 3.8) is 0 Å². The van der Waals surface area contributed by atoms with Gasteiger partial charge in [0.1, 0.15) is 5.82 Å². The zero-order valence-corrected chi connectivity index (χ0v) is 9.69. The summed E-state index contributed by atoms with van der Waals surface area (Å²) in [5, 5.41) is 12.0. The lowest BCUT2D eigenvalue weighted by molar-refractivity contribution is 0.0698. The number of aromatic nitrogens is 1. The van der Waals surface area contributed by atoms with E-state index in [1.807, 2.05) is 6.92 Å². The Bertz CT molecular complexity index is 391. The van der Waals surface area contributed by atoms with E-state index in [1.165, 1.54) is 12.3 Å². The molecule has 0 fully saturated rings. The lowest BCUT2D eigenvalue weighted by Crippen LogP contribution is -2.22. The Morgan fingerprint density at radius 2 is 2.12 bits per heavy atom. The minimum atomic E-state index is -1.04. The van der Waals surface area contributed by atoms with E-state index in [1.54, 1.807) is 0 Å². The van der Waals surface area contributed by atoms with Crippen molar-refractivity contribution >= 4 is 17.5 Å². The fraction of sp³-hybridized carbons (Fsp3) is 0.455. The summed E-state index contributed by atoms with van der Waals surface area (Å²) in [6.07, 6.45) is 1.36. The molecule has 1 atom stereocenters. The Morgan fingerprint density at radius 1 is 1.50 bits per heavy atom. The van der Waals surface area contributed by atoms with Gasteiger partial charge in [0, 0.05) is 6.04 Å². The number of nitrogens with two attached hydrogens (primary N) is 1. The summed E-state index contributed by atoms with van der Waals surface area (Å²) in [4.78, 5) is 14.9. The maximum Gasteiger partial charge on any atom is 0.337 e. The monoisotopic (exact) mass is 223 g/mol. The average molecular weight is 223 g/mol. The van der Waals surface area contributed by atoms with Gasteiger partial charge in [0.15, 0.2) is 0 Å². The van der Waals surface area contributed by atoms with Gasteiger partial charge in [0.25, 0.3) is 0 Å². The largest absolute Gasteiger partial charge is 0.478 e. The zero-order chi connectivity index (χ0) is 12.3. The van der Waals surface area contributed by atoms with E-state index in [-0.39, 0.29) is 17.3 Å². The van der Waals surface area contributed by atoms with Crippen molar-refractivity contribution in [3.8, 4) is 0 Å². The topological polar surface area (TPSA) is 88.2 Å². The lowest BCUT2D eigenvalue weighted by Gasteiger charge is -2.18. The van der Waals surface area contributed by atoms with Crippen LogP contribution in [0, 0.1) is 5.92 Å². The summed E-state index contributed by atoms with van der Waals surface area (Å²) in [5.74, 6) is -0.0689. The fourth-order valence-electron chi connectivity index (χ4n) is 1.13. The predicted molar refractivity (Wildman–Crippen MR) is 63.5 cm³/mol. The van der Waals surface area contributed by atoms with E-state index in [9.17, 15) is 4.79 Å². The molecule has 1 aromatic heterocycles. The smallest absolute Gasteiger partial charge is 0.337 e. The molecule has 0 spiro atoms. The van der Waals surface area contributed by atoms with Crippen LogP contribution in [0.3, 0.4) is 0 Å². The molecule has 1 rings (SSSR count). The van der Waals surface area contributed by atoms with E-state index < -0.39 is 5.97 Å². The SMILES string of the molecule is CC(C)C(C)Nc1cc(C(=O)O)c(N)cn1. The fourth-order valence-corrected chi connectivity index (χ4v) is 1.13. The van der Waals surface area contributed by atoms with E-state index >= 15 is 0 Å². The number of pyridine rings is 1. The highest BCUT2D eigenvalue weighted by Crippen LogP contribution is 2.16. The van der Waals surface area contributed by atoms with Crippen molar-refractivity contribution in [2.24, 2.45) is 5.92 Å². The van der Waals surface area contributed by atoms with Gasteiger partial charge in [-0.1, -0.05) is 13.8 Å². The molecule has 0 saturated carbocycles. The van der Waals surface area contributed by atoms with Crippen molar-refractivity contribution in [3.05, 3.63) is 17.8 Å². The summed E-state index contributed by atoms with van der Waals surface area (Å²) in [6, 6.07) is 1.68. The number of anilines is 2. The molecule has 1 heterocycles. The van der Waals surface area contributed by atoms with Gasteiger partial charge in [-0.05, 0) is 18.9 Å². The molecule has 0 aliphatic rings. The van der Waals surface area contributed by atoms with Crippen LogP contribution in [0.15, 0.2) is 12.3 Å². The second-order valence-corrected chi connectivity index (χ2v) is 4.14. The molecule has 5 nitrogen and oxygen atoms in total. The Kier molecular flexibility index (Phi) is 3.71. The quantitative estimate of drug-likeness (QED) is 0.724. The Balaban J connectivity index is 2.91. The van der Waals surface area contributed by atoms with Crippen LogP contribution < -0.4 is 11.1 Å². The summed E-state index contributed by atoms with van der Waals surface area (Å²) in [5.41, 5.74) is 5.76. The van der Waals surface area contributed by atoms with Crippen LogP contribution in [0.1, 0.15) is 31.1 Å². The van der Waals surface area contributed by atoms with E-state index in [4.69, 9.17) is 10.8 Å². The molecule has 0 aromatic carbocycles. The molecule has 16 heavy (non-hydrogen) atoms. The summed E-state index contributed by atoms with van der Waals surface area (Å²) in [6.45, 7) is 6.17. The normalized spacial score (nSPS) is 12.5. The highest BCUT2D eigenvalue weighted by Gasteiger charge is 2.12. The maximum absolute atomic E-state index is 10.9. The molecule has 1 unspecified atom stereocenters. The number of carboxylic acid groups (broad SMARTS) is 1. The van der Waals surface area contributed by atoms with Crippen molar-refractivity contribution in [1.29, 1.82) is 0 Å². The number of carbonyl (C=O) groups is 1. The van der Waals surface area contributed by atoms with Crippen LogP contribution in [0.2, 0.25) is 0 Å². The molecule has 0 radical (unpaired) electrons. The summed E-state index contributed by atoms with van der Waals surface area (Å²) in [7, 11) is 0. The van der Waals surface area contributed by atoms with Crippen molar-refractivity contribution < 1.29 is 9.90 Å². The minimum absolute atomic E-state index is 0.0773. The van der Waals surface area contributed by atoms with Gasteiger partial charge >= 0.3 is 5.97 Å². The van der Waals surface area contributed by atoms with Gasteiger partial charge in [-0.15, -0.1) is 0 Å². The standard InChI is InChI=1S/C11H17N3O2/c1-6(2)7(3)14-10-4-8(11(15)16)9(12)5-13-10/h4-7H,12H2,1-3H3,(H,13,14)(H,15,16). The van der Waals surface area contributed by atoms with Gasteiger partial charge in [-0.25, -0.2) is 9.78 Å². The minimum Gasteiger partial charge on any atom is -0.478 e. The first-order valence-electron chi connectivity index (χ1n) is 5.17. The van der Waals surface area contributed by atoms with Crippen LogP contribution in [0.4, 0.5) is 11.5 Å². The van der Waals surface area contributed by atoms with E-state index in [2.05, 4.69) is 24.1 Å². The first-order valence-corrected chi connectivity index (χ1v) is 5.17. The highest BCUT2D eigenvalue weighted by atomic mass is 16.4. The Labute approximate surface area is 94.7 Å². The summed E-state index contributed by atoms with van der Waals surface area (Å²) < 4.78 is 0. The second kappa shape index (κ2) is 4.83. The maximum atomic E-state index is 10.9. The van der Waals surface area contributed by atoms with Crippen molar-refractivity contribution in [2.45, 2.75) is 26.8 Å². The van der Waals surface area contributed by atoms with Gasteiger partial charge in [-0.2, -0.15) is 0 Å². The van der Waals surface area contributed by atoms with Crippen LogP contribution >= 0.6 is 0 Å². The first-order chi connectivity index (χ1) is 7.41. The van der Waals surface area contributed by atoms with Gasteiger partial charge in [0.2, 0.25) is 0 Å². The molecule has 0 aliphatic heterocycles.